The third-order valence-electron chi connectivity index (χ3n) is 4.39. The minimum absolute atomic E-state index is 0.289. The van der Waals surface area contributed by atoms with Crippen LogP contribution in [0.5, 0.6) is 11.5 Å². The molecule has 0 aliphatic heterocycles. The fourth-order valence-corrected chi connectivity index (χ4v) is 3.77. The lowest BCUT2D eigenvalue weighted by molar-refractivity contribution is 0.190. The van der Waals surface area contributed by atoms with Gasteiger partial charge >= 0.3 is 0 Å². The lowest BCUT2D eigenvalue weighted by Crippen LogP contribution is -2.12. The number of fused-ring (bicyclic) bond motifs is 1. The number of rotatable bonds is 7. The molecule has 29 heavy (non-hydrogen) atoms. The molecule has 2 aromatic heterocycles. The molecule has 9 heteroatoms. The first-order valence-corrected chi connectivity index (χ1v) is 10.0. The number of aromatic nitrogens is 3. The van der Waals surface area contributed by atoms with Crippen LogP contribution in [0.4, 0.5) is 5.13 Å². The topological polar surface area (TPSA) is 80.9 Å². The maximum Gasteiger partial charge on any atom is 0.214 e. The molecule has 2 heterocycles. The van der Waals surface area contributed by atoms with E-state index in [1.165, 1.54) is 11.3 Å². The summed E-state index contributed by atoms with van der Waals surface area (Å²) in [4.78, 5) is 5.36. The van der Waals surface area contributed by atoms with Crippen LogP contribution in [0.15, 0.2) is 48.7 Å². The number of imidazole rings is 1. The molecule has 0 amide bonds. The Morgan fingerprint density at radius 2 is 1.83 bits per heavy atom. The summed E-state index contributed by atoms with van der Waals surface area (Å²) in [6, 6.07) is 12.8. The van der Waals surface area contributed by atoms with Gasteiger partial charge in [-0.15, -0.1) is 5.10 Å². The van der Waals surface area contributed by atoms with Crippen molar-refractivity contribution in [3.05, 3.63) is 59.2 Å². The van der Waals surface area contributed by atoms with Crippen molar-refractivity contribution in [2.45, 2.75) is 6.10 Å². The minimum Gasteiger partial charge on any atom is -0.497 e. The SMILES string of the molecule is COc1cc(OC)cc(C(O)CNc2nn3cc(-c4ccc(Cl)cc4)nc3s2)c1. The number of nitrogens with zero attached hydrogens (tertiary/aromatic N) is 3. The average Bonchev–Trinajstić information content (AvgIpc) is 3.31. The fraction of sp³-hybridized carbons (Fsp3) is 0.200. The molecule has 4 rings (SSSR count). The van der Waals surface area contributed by atoms with Gasteiger partial charge in [0.05, 0.1) is 32.2 Å². The molecule has 0 aliphatic rings. The van der Waals surface area contributed by atoms with Crippen LogP contribution in [0, 0.1) is 0 Å². The van der Waals surface area contributed by atoms with E-state index in [9.17, 15) is 5.11 Å². The number of halogens is 1. The molecule has 0 fully saturated rings. The van der Waals surface area contributed by atoms with E-state index in [0.717, 1.165) is 16.2 Å². The Kier molecular flexibility index (Phi) is 5.57. The van der Waals surface area contributed by atoms with Crippen molar-refractivity contribution in [3.8, 4) is 22.8 Å². The summed E-state index contributed by atoms with van der Waals surface area (Å²) in [5, 5.41) is 19.5. The Bertz CT molecular complexity index is 1070. The number of benzene rings is 2. The molecule has 0 bridgehead atoms. The lowest BCUT2D eigenvalue weighted by Gasteiger charge is -2.14. The van der Waals surface area contributed by atoms with Gasteiger partial charge in [-0.25, -0.2) is 9.50 Å². The Morgan fingerprint density at radius 1 is 1.14 bits per heavy atom. The second-order valence-corrected chi connectivity index (χ2v) is 7.70. The Balaban J connectivity index is 1.46. The van der Waals surface area contributed by atoms with Gasteiger partial charge in [0.1, 0.15) is 11.5 Å². The van der Waals surface area contributed by atoms with Crippen LogP contribution in [0.1, 0.15) is 11.7 Å². The van der Waals surface area contributed by atoms with Crippen LogP contribution in [-0.2, 0) is 0 Å². The smallest absolute Gasteiger partial charge is 0.214 e. The molecule has 2 N–H and O–H groups in total. The van der Waals surface area contributed by atoms with E-state index in [0.29, 0.717) is 27.2 Å². The van der Waals surface area contributed by atoms with Gasteiger partial charge in [0, 0.05) is 23.2 Å². The molecule has 0 saturated heterocycles. The zero-order chi connectivity index (χ0) is 20.4. The number of ether oxygens (including phenoxy) is 2. The molecule has 2 aromatic carbocycles. The number of methoxy groups -OCH3 is 2. The molecule has 1 unspecified atom stereocenters. The molecular formula is C20H19ClN4O3S. The van der Waals surface area contributed by atoms with Gasteiger partial charge in [-0.05, 0) is 29.8 Å². The van der Waals surface area contributed by atoms with Crippen molar-refractivity contribution in [1.82, 2.24) is 14.6 Å². The number of hydrogen-bond donors (Lipinski definition) is 2. The first-order valence-electron chi connectivity index (χ1n) is 8.83. The summed E-state index contributed by atoms with van der Waals surface area (Å²) in [6.07, 6.45) is 1.11. The Morgan fingerprint density at radius 3 is 2.45 bits per heavy atom. The zero-order valence-electron chi connectivity index (χ0n) is 15.8. The van der Waals surface area contributed by atoms with Crippen LogP contribution < -0.4 is 14.8 Å². The van der Waals surface area contributed by atoms with E-state index < -0.39 is 6.10 Å². The quantitative estimate of drug-likeness (QED) is 0.455. The second-order valence-electron chi connectivity index (χ2n) is 6.31. The second kappa shape index (κ2) is 8.28. The molecule has 150 valence electrons. The van der Waals surface area contributed by atoms with Crippen molar-refractivity contribution in [1.29, 1.82) is 0 Å². The van der Waals surface area contributed by atoms with Crippen LogP contribution in [0.2, 0.25) is 5.02 Å². The summed E-state index contributed by atoms with van der Waals surface area (Å²) in [5.41, 5.74) is 2.50. The largest absolute Gasteiger partial charge is 0.497 e. The van der Waals surface area contributed by atoms with Crippen molar-refractivity contribution >= 4 is 33.0 Å². The Labute approximate surface area is 176 Å². The maximum atomic E-state index is 10.5. The molecular weight excluding hydrogens is 412 g/mol. The van der Waals surface area contributed by atoms with Crippen LogP contribution in [0.3, 0.4) is 0 Å². The number of nitrogens with one attached hydrogen (secondary N) is 1. The van der Waals surface area contributed by atoms with E-state index in [1.54, 1.807) is 36.9 Å². The van der Waals surface area contributed by atoms with Crippen molar-refractivity contribution in [2.75, 3.05) is 26.1 Å². The minimum atomic E-state index is -0.750. The summed E-state index contributed by atoms with van der Waals surface area (Å²) >= 11 is 7.35. The van der Waals surface area contributed by atoms with E-state index >= 15 is 0 Å². The molecule has 7 nitrogen and oxygen atoms in total. The van der Waals surface area contributed by atoms with Crippen molar-refractivity contribution in [3.63, 3.8) is 0 Å². The molecule has 4 aromatic rings. The zero-order valence-corrected chi connectivity index (χ0v) is 17.4. The van der Waals surface area contributed by atoms with Crippen LogP contribution in [-0.4, -0.2) is 40.5 Å². The van der Waals surface area contributed by atoms with E-state index in [4.69, 9.17) is 21.1 Å². The van der Waals surface area contributed by atoms with Crippen LogP contribution >= 0.6 is 22.9 Å². The van der Waals surface area contributed by atoms with Gasteiger partial charge < -0.3 is 19.9 Å². The standard InChI is InChI=1S/C20H19ClN4O3S/c1-27-15-7-13(8-16(9-15)28-2)18(26)10-22-19-24-25-11-17(23-20(25)29-19)12-3-5-14(21)6-4-12/h3-9,11,18,26H,10H2,1-2H3,(H,22,24). The average molecular weight is 431 g/mol. The van der Waals surface area contributed by atoms with Gasteiger partial charge in [-0.2, -0.15) is 0 Å². The predicted octanol–water partition coefficient (Wildman–Crippen LogP) is 4.27. The highest BCUT2D eigenvalue weighted by Crippen LogP contribution is 2.28. The lowest BCUT2D eigenvalue weighted by atomic mass is 10.1. The Hall–Kier alpha value is -2.81. The summed E-state index contributed by atoms with van der Waals surface area (Å²) in [5.74, 6) is 1.25. The van der Waals surface area contributed by atoms with E-state index in [2.05, 4.69) is 15.4 Å². The summed E-state index contributed by atoms with van der Waals surface area (Å²) < 4.78 is 12.2. The highest BCUT2D eigenvalue weighted by molar-refractivity contribution is 7.20. The maximum absolute atomic E-state index is 10.5. The van der Waals surface area contributed by atoms with Gasteiger partial charge in [-0.1, -0.05) is 35.1 Å². The van der Waals surface area contributed by atoms with Crippen molar-refractivity contribution < 1.29 is 14.6 Å². The molecule has 1 atom stereocenters. The molecule has 0 spiro atoms. The van der Waals surface area contributed by atoms with E-state index in [-0.39, 0.29) is 6.54 Å². The summed E-state index contributed by atoms with van der Waals surface area (Å²) in [7, 11) is 3.15. The summed E-state index contributed by atoms with van der Waals surface area (Å²) in [6.45, 7) is 0.289. The van der Waals surface area contributed by atoms with Crippen LogP contribution in [0.25, 0.3) is 16.2 Å². The third kappa shape index (κ3) is 4.29. The molecule has 0 saturated carbocycles. The highest BCUT2D eigenvalue weighted by Gasteiger charge is 2.14. The van der Waals surface area contributed by atoms with Crippen molar-refractivity contribution in [2.24, 2.45) is 0 Å². The third-order valence-corrected chi connectivity index (χ3v) is 5.52. The first kappa shape index (κ1) is 19.5. The molecule has 0 radical (unpaired) electrons. The number of aliphatic hydroxyl groups excluding tert-OH is 1. The van der Waals surface area contributed by atoms with Gasteiger partial charge in [0.15, 0.2) is 0 Å². The van der Waals surface area contributed by atoms with Gasteiger partial charge in [-0.3, -0.25) is 0 Å². The van der Waals surface area contributed by atoms with E-state index in [1.807, 2.05) is 30.5 Å². The monoisotopic (exact) mass is 430 g/mol. The first-order chi connectivity index (χ1) is 14.1. The number of hydrogen-bond acceptors (Lipinski definition) is 7. The highest BCUT2D eigenvalue weighted by atomic mass is 35.5. The number of aliphatic hydroxyl groups is 1. The predicted molar refractivity (Wildman–Crippen MR) is 114 cm³/mol. The normalized spacial score (nSPS) is 12.1. The van der Waals surface area contributed by atoms with Gasteiger partial charge in [0.25, 0.3) is 0 Å². The number of anilines is 1. The fourth-order valence-electron chi connectivity index (χ4n) is 2.85. The molecule has 0 aliphatic carbocycles. The van der Waals surface area contributed by atoms with Gasteiger partial charge in [0.2, 0.25) is 10.1 Å².